The summed E-state index contributed by atoms with van der Waals surface area (Å²) in [7, 11) is -4.81. The lowest BCUT2D eigenvalue weighted by Crippen LogP contribution is -2.37. The van der Waals surface area contributed by atoms with Crippen molar-refractivity contribution in [2.75, 3.05) is 32.9 Å². The molecule has 0 spiro atoms. The van der Waals surface area contributed by atoms with Crippen LogP contribution in [0.15, 0.2) is 38.2 Å². The second-order valence-corrected chi connectivity index (χ2v) is 9.28. The molecular weight excluding hydrogens is 509 g/mol. The van der Waals surface area contributed by atoms with Gasteiger partial charge in [0.25, 0.3) is 0 Å². The van der Waals surface area contributed by atoms with Gasteiger partial charge in [0.1, 0.15) is 29.9 Å². The van der Waals surface area contributed by atoms with Crippen molar-refractivity contribution in [1.29, 1.82) is 0 Å². The average Bonchev–Trinajstić information content (AvgIpc) is 2.85. The fourth-order valence-electron chi connectivity index (χ4n) is 3.28. The second kappa shape index (κ2) is 18.6. The minimum atomic E-state index is -4.81. The molecule has 0 fully saturated rings. The molecule has 0 aliphatic rings. The lowest BCUT2D eigenvalue weighted by atomic mass is 9.93. The van der Waals surface area contributed by atoms with Gasteiger partial charge in [0.15, 0.2) is 0 Å². The summed E-state index contributed by atoms with van der Waals surface area (Å²) in [5.74, 6) is -1.90. The van der Waals surface area contributed by atoms with Crippen molar-refractivity contribution in [2.45, 2.75) is 51.0 Å². The predicted octanol–water partition coefficient (Wildman–Crippen LogP) is 3.70. The molecule has 0 aromatic heterocycles. The first kappa shape index (κ1) is 32.5. The molecule has 0 bridgehead atoms. The fraction of sp³-hybridized carbons (Fsp3) is 0.565. The predicted molar refractivity (Wildman–Crippen MR) is 141 cm³/mol. The normalized spacial score (nSPS) is 15.8. The standard InChI is InChI=1S/C23H37F2N6O5P/c1-2-3-4-5-6-7-10-34-11-12-35-37(32,33)36-23(14-28-18-30-16-26,15-29-19-31-17-27)21-9-8-20(24)13-22(21)25/h8-9,13,16-19H,2-7,10-12,14-15H2,1H3,(H,32,33)(H2,26,28,30)(H2,27,29,31). The number of rotatable bonds is 20. The molecule has 0 heterocycles. The zero-order valence-corrected chi connectivity index (χ0v) is 21.9. The number of hydrogen-bond acceptors (Lipinski definition) is 6. The van der Waals surface area contributed by atoms with Crippen LogP contribution in [0.2, 0.25) is 0 Å². The van der Waals surface area contributed by atoms with E-state index in [1.165, 1.54) is 19.3 Å². The molecule has 37 heavy (non-hydrogen) atoms. The van der Waals surface area contributed by atoms with Crippen molar-refractivity contribution in [2.24, 2.45) is 31.4 Å². The van der Waals surface area contributed by atoms with Gasteiger partial charge in [-0.3, -0.25) is 19.0 Å². The SMILES string of the molecule is CCCCCCCCOCCOP(=O)(O)OC(CN=CN=CN)(CN=CN=CN)c1ccc(F)cc1F. The Bertz CT molecular complexity index is 924. The van der Waals surface area contributed by atoms with Crippen LogP contribution in [0.1, 0.15) is 51.0 Å². The van der Waals surface area contributed by atoms with Crippen molar-refractivity contribution in [1.82, 2.24) is 0 Å². The summed E-state index contributed by atoms with van der Waals surface area (Å²) in [5.41, 5.74) is 8.09. The van der Waals surface area contributed by atoms with Crippen LogP contribution in [0.4, 0.5) is 8.78 Å². The zero-order chi connectivity index (χ0) is 27.4. The Kier molecular flexibility index (Phi) is 16.4. The Morgan fingerprint density at radius 3 is 2.19 bits per heavy atom. The van der Waals surface area contributed by atoms with Crippen LogP contribution >= 0.6 is 7.82 Å². The number of hydrogen-bond donors (Lipinski definition) is 3. The molecule has 1 rings (SSSR count). The number of unbranched alkanes of at least 4 members (excludes halogenated alkanes) is 5. The highest BCUT2D eigenvalue weighted by Gasteiger charge is 2.43. The maximum Gasteiger partial charge on any atom is 0.473 e. The van der Waals surface area contributed by atoms with Gasteiger partial charge in [0, 0.05) is 18.2 Å². The summed E-state index contributed by atoms with van der Waals surface area (Å²) in [6, 6.07) is 2.65. The summed E-state index contributed by atoms with van der Waals surface area (Å²) < 4.78 is 57.2. The molecule has 11 nitrogen and oxygen atoms in total. The van der Waals surface area contributed by atoms with E-state index in [1.54, 1.807) is 0 Å². The highest BCUT2D eigenvalue weighted by atomic mass is 31.2. The number of ether oxygens (including phenoxy) is 1. The van der Waals surface area contributed by atoms with E-state index < -0.39 is 38.1 Å². The molecular formula is C23H37F2N6O5P. The van der Waals surface area contributed by atoms with E-state index in [4.69, 9.17) is 25.3 Å². The number of benzene rings is 1. The molecule has 1 aromatic rings. The van der Waals surface area contributed by atoms with Gasteiger partial charge in [-0.1, -0.05) is 45.1 Å². The molecule has 0 aliphatic carbocycles. The monoisotopic (exact) mass is 546 g/mol. The third-order valence-electron chi connectivity index (χ3n) is 5.00. The van der Waals surface area contributed by atoms with Crippen molar-refractivity contribution in [3.8, 4) is 0 Å². The van der Waals surface area contributed by atoms with Crippen molar-refractivity contribution in [3.05, 3.63) is 35.4 Å². The van der Waals surface area contributed by atoms with Crippen LogP contribution in [0.5, 0.6) is 0 Å². The number of aliphatic imine (C=N–C) groups is 4. The minimum Gasteiger partial charge on any atom is -0.390 e. The van der Waals surface area contributed by atoms with E-state index in [0.717, 1.165) is 56.7 Å². The maximum absolute atomic E-state index is 14.8. The largest absolute Gasteiger partial charge is 0.473 e. The third-order valence-corrected chi connectivity index (χ3v) is 6.09. The lowest BCUT2D eigenvalue weighted by Gasteiger charge is -2.32. The van der Waals surface area contributed by atoms with E-state index in [2.05, 4.69) is 26.9 Å². The Labute approximate surface area is 216 Å². The Morgan fingerprint density at radius 2 is 1.59 bits per heavy atom. The summed E-state index contributed by atoms with van der Waals surface area (Å²) in [5, 5.41) is 0. The fourth-order valence-corrected chi connectivity index (χ4v) is 4.29. The van der Waals surface area contributed by atoms with E-state index in [-0.39, 0.29) is 18.8 Å². The highest BCUT2D eigenvalue weighted by Crippen LogP contribution is 2.51. The van der Waals surface area contributed by atoms with Crippen LogP contribution in [-0.4, -0.2) is 63.2 Å². The topological polar surface area (TPSA) is 166 Å². The van der Waals surface area contributed by atoms with Crippen molar-refractivity contribution < 1.29 is 32.0 Å². The van der Waals surface area contributed by atoms with Gasteiger partial charge < -0.3 is 21.1 Å². The molecule has 0 saturated heterocycles. The van der Waals surface area contributed by atoms with Crippen molar-refractivity contribution >= 4 is 33.2 Å². The van der Waals surface area contributed by atoms with E-state index in [1.807, 2.05) is 0 Å². The number of phosphoric acid groups is 1. The Hall–Kier alpha value is -2.57. The molecule has 0 amide bonds. The minimum absolute atomic E-state index is 0.0491. The summed E-state index contributed by atoms with van der Waals surface area (Å²) in [6.45, 7) is 1.54. The molecule has 0 saturated carbocycles. The third kappa shape index (κ3) is 13.5. The van der Waals surface area contributed by atoms with Gasteiger partial charge in [-0.25, -0.2) is 23.3 Å². The maximum atomic E-state index is 14.8. The molecule has 14 heteroatoms. The van der Waals surface area contributed by atoms with Crippen LogP contribution < -0.4 is 11.5 Å². The smallest absolute Gasteiger partial charge is 0.390 e. The first-order chi connectivity index (χ1) is 17.8. The van der Waals surface area contributed by atoms with Gasteiger partial charge in [0.05, 0.1) is 39.0 Å². The van der Waals surface area contributed by atoms with Crippen LogP contribution in [0.3, 0.4) is 0 Å². The van der Waals surface area contributed by atoms with Gasteiger partial charge in [-0.15, -0.1) is 0 Å². The number of nitrogens with two attached hydrogens (primary N) is 2. The number of nitrogens with zero attached hydrogens (tertiary/aromatic N) is 4. The summed E-state index contributed by atoms with van der Waals surface area (Å²) >= 11 is 0. The second-order valence-electron chi connectivity index (χ2n) is 7.90. The van der Waals surface area contributed by atoms with Gasteiger partial charge in [-0.2, -0.15) is 0 Å². The van der Waals surface area contributed by atoms with E-state index in [9.17, 15) is 18.2 Å². The van der Waals surface area contributed by atoms with Crippen molar-refractivity contribution in [3.63, 3.8) is 0 Å². The number of phosphoric ester groups is 1. The quantitative estimate of drug-likeness (QED) is 0.0970. The summed E-state index contributed by atoms with van der Waals surface area (Å²) in [4.78, 5) is 25.6. The summed E-state index contributed by atoms with van der Waals surface area (Å²) in [6.07, 6.45) is 10.6. The molecule has 1 aromatic carbocycles. The highest BCUT2D eigenvalue weighted by molar-refractivity contribution is 7.47. The number of halogens is 2. The van der Waals surface area contributed by atoms with E-state index >= 15 is 0 Å². The first-order valence-corrected chi connectivity index (χ1v) is 13.4. The molecule has 1 unspecified atom stereocenters. The van der Waals surface area contributed by atoms with Crippen LogP contribution in [0, 0.1) is 11.6 Å². The molecule has 0 aliphatic heterocycles. The zero-order valence-electron chi connectivity index (χ0n) is 21.0. The van der Waals surface area contributed by atoms with Gasteiger partial charge in [0.2, 0.25) is 0 Å². The van der Waals surface area contributed by atoms with Gasteiger partial charge in [-0.05, 0) is 12.5 Å². The molecule has 208 valence electrons. The molecule has 0 radical (unpaired) electrons. The van der Waals surface area contributed by atoms with E-state index in [0.29, 0.717) is 12.7 Å². The Morgan fingerprint density at radius 1 is 0.973 bits per heavy atom. The van der Waals surface area contributed by atoms with Crippen LogP contribution in [-0.2, 0) is 24.0 Å². The molecule has 1 atom stereocenters. The Balaban J connectivity index is 2.97. The molecule has 5 N–H and O–H groups in total. The lowest BCUT2D eigenvalue weighted by molar-refractivity contribution is 0.0175. The first-order valence-electron chi connectivity index (χ1n) is 11.9. The average molecular weight is 547 g/mol. The van der Waals surface area contributed by atoms with Crippen LogP contribution in [0.25, 0.3) is 0 Å². The van der Waals surface area contributed by atoms with Gasteiger partial charge >= 0.3 is 7.82 Å².